The van der Waals surface area contributed by atoms with Gasteiger partial charge in [-0.05, 0) is 17.9 Å². The summed E-state index contributed by atoms with van der Waals surface area (Å²) in [5.41, 5.74) is 6.26. The molecule has 0 fully saturated rings. The van der Waals surface area contributed by atoms with Crippen LogP contribution >= 0.6 is 0 Å². The lowest BCUT2D eigenvalue weighted by molar-refractivity contribution is -0.136. The molecule has 7 nitrogen and oxygen atoms in total. The van der Waals surface area contributed by atoms with Gasteiger partial charge in [0.15, 0.2) is 0 Å². The van der Waals surface area contributed by atoms with Gasteiger partial charge >= 0.3 is 5.97 Å². The van der Waals surface area contributed by atoms with Crippen molar-refractivity contribution in [3.63, 3.8) is 0 Å². The van der Waals surface area contributed by atoms with Crippen LogP contribution < -0.4 is 16.4 Å². The lowest BCUT2D eigenvalue weighted by Crippen LogP contribution is -2.53. The number of primary amides is 1. The molecule has 132 valence electrons. The fraction of sp³-hybridized carbons (Fsp3) is 0.471. The normalized spacial score (nSPS) is 13.3. The lowest BCUT2D eigenvalue weighted by atomic mass is 10.0. The third-order valence-electron chi connectivity index (χ3n) is 3.47. The fourth-order valence-electron chi connectivity index (χ4n) is 2.31. The zero-order valence-corrected chi connectivity index (χ0v) is 14.0. The Morgan fingerprint density at radius 3 is 2.25 bits per heavy atom. The van der Waals surface area contributed by atoms with Crippen molar-refractivity contribution in [3.8, 4) is 0 Å². The van der Waals surface area contributed by atoms with Crippen LogP contribution in [0.15, 0.2) is 30.3 Å². The van der Waals surface area contributed by atoms with Gasteiger partial charge in [-0.1, -0.05) is 44.2 Å². The van der Waals surface area contributed by atoms with Gasteiger partial charge < -0.3 is 16.2 Å². The molecule has 0 radical (unpaired) electrons. The molecule has 2 atom stereocenters. The molecular weight excluding hydrogens is 310 g/mol. The van der Waals surface area contributed by atoms with Crippen molar-refractivity contribution in [2.75, 3.05) is 6.54 Å². The van der Waals surface area contributed by atoms with E-state index in [4.69, 9.17) is 10.8 Å². The summed E-state index contributed by atoms with van der Waals surface area (Å²) in [6.07, 6.45) is 0.741. The number of carbonyl (C=O) groups is 3. The van der Waals surface area contributed by atoms with E-state index in [2.05, 4.69) is 10.6 Å². The van der Waals surface area contributed by atoms with Crippen LogP contribution in [-0.4, -0.2) is 41.5 Å². The Labute approximate surface area is 141 Å². The quantitative estimate of drug-likeness (QED) is 0.489. The minimum atomic E-state index is -1.05. The zero-order chi connectivity index (χ0) is 18.1. The fourth-order valence-corrected chi connectivity index (χ4v) is 2.31. The molecule has 0 aliphatic carbocycles. The highest BCUT2D eigenvalue weighted by Gasteiger charge is 2.25. The van der Waals surface area contributed by atoms with E-state index in [1.807, 2.05) is 44.2 Å². The number of nitrogens with two attached hydrogens (primary N) is 1. The van der Waals surface area contributed by atoms with Gasteiger partial charge in [-0.25, -0.2) is 0 Å². The molecule has 0 aliphatic heterocycles. The first-order chi connectivity index (χ1) is 11.3. The molecular formula is C17H25N3O4. The van der Waals surface area contributed by atoms with Crippen LogP contribution in [0.1, 0.15) is 25.8 Å². The predicted octanol–water partition coefficient (Wildman–Crippen LogP) is 0.288. The van der Waals surface area contributed by atoms with E-state index in [9.17, 15) is 14.4 Å². The van der Waals surface area contributed by atoms with Crippen LogP contribution in [0, 0.1) is 5.92 Å². The van der Waals surface area contributed by atoms with Gasteiger partial charge in [0.05, 0.1) is 12.6 Å². The molecule has 7 heteroatoms. The molecule has 0 saturated carbocycles. The Morgan fingerprint density at radius 2 is 1.75 bits per heavy atom. The maximum Gasteiger partial charge on any atom is 0.317 e. The highest BCUT2D eigenvalue weighted by atomic mass is 16.4. The SMILES string of the molecule is CC(C)CC(NCC(=O)O)C(=O)N[C@@H](Cc1ccccc1)C(N)=O. The molecule has 0 heterocycles. The van der Waals surface area contributed by atoms with Gasteiger partial charge in [0.1, 0.15) is 6.04 Å². The Balaban J connectivity index is 2.75. The highest BCUT2D eigenvalue weighted by Crippen LogP contribution is 2.07. The Morgan fingerprint density at radius 1 is 1.12 bits per heavy atom. The van der Waals surface area contributed by atoms with E-state index in [0.717, 1.165) is 5.56 Å². The largest absolute Gasteiger partial charge is 0.480 e. The van der Waals surface area contributed by atoms with Crippen LogP contribution in [0.2, 0.25) is 0 Å². The summed E-state index contributed by atoms with van der Waals surface area (Å²) in [5, 5.41) is 14.1. The van der Waals surface area contributed by atoms with Crippen LogP contribution in [0.3, 0.4) is 0 Å². The van der Waals surface area contributed by atoms with Gasteiger partial charge in [-0.15, -0.1) is 0 Å². The summed E-state index contributed by atoms with van der Waals surface area (Å²) in [6, 6.07) is 7.68. The molecule has 24 heavy (non-hydrogen) atoms. The van der Waals surface area contributed by atoms with Crippen molar-refractivity contribution in [2.45, 2.75) is 38.8 Å². The number of hydrogen-bond acceptors (Lipinski definition) is 4. The Hall–Kier alpha value is -2.41. The molecule has 0 saturated heterocycles. The van der Waals surface area contributed by atoms with Crippen molar-refractivity contribution in [1.82, 2.24) is 10.6 Å². The van der Waals surface area contributed by atoms with Gasteiger partial charge in [0.2, 0.25) is 11.8 Å². The smallest absolute Gasteiger partial charge is 0.317 e. The summed E-state index contributed by atoms with van der Waals surface area (Å²) >= 11 is 0. The van der Waals surface area contributed by atoms with Crippen molar-refractivity contribution < 1.29 is 19.5 Å². The van der Waals surface area contributed by atoms with Crippen LogP contribution in [0.4, 0.5) is 0 Å². The number of amides is 2. The second-order valence-corrected chi connectivity index (χ2v) is 6.11. The number of hydrogen-bond donors (Lipinski definition) is 4. The standard InChI is InChI=1S/C17H25N3O4/c1-11(2)8-14(19-10-15(21)22)17(24)20-13(16(18)23)9-12-6-4-3-5-7-12/h3-7,11,13-14,19H,8-10H2,1-2H3,(H2,18,23)(H,20,24)(H,21,22)/t13-,14?/m0/s1. The van der Waals surface area contributed by atoms with Crippen LogP contribution in [-0.2, 0) is 20.8 Å². The first-order valence-corrected chi connectivity index (χ1v) is 7.88. The zero-order valence-electron chi connectivity index (χ0n) is 14.0. The first-order valence-electron chi connectivity index (χ1n) is 7.88. The van der Waals surface area contributed by atoms with E-state index < -0.39 is 29.9 Å². The highest BCUT2D eigenvalue weighted by molar-refractivity contribution is 5.89. The maximum atomic E-state index is 12.4. The molecule has 5 N–H and O–H groups in total. The maximum absolute atomic E-state index is 12.4. The predicted molar refractivity (Wildman–Crippen MR) is 90.2 cm³/mol. The second kappa shape index (κ2) is 9.67. The van der Waals surface area contributed by atoms with Crippen LogP contribution in [0.5, 0.6) is 0 Å². The topological polar surface area (TPSA) is 122 Å². The van der Waals surface area contributed by atoms with E-state index in [1.165, 1.54) is 0 Å². The van der Waals surface area contributed by atoms with Gasteiger partial charge in [-0.3, -0.25) is 19.7 Å². The Bertz CT molecular complexity index is 560. The third-order valence-corrected chi connectivity index (χ3v) is 3.47. The lowest BCUT2D eigenvalue weighted by Gasteiger charge is -2.22. The summed E-state index contributed by atoms with van der Waals surface area (Å²) in [4.78, 5) is 34.8. The summed E-state index contributed by atoms with van der Waals surface area (Å²) < 4.78 is 0. The van der Waals surface area contributed by atoms with E-state index in [0.29, 0.717) is 6.42 Å². The number of carbonyl (C=O) groups excluding carboxylic acids is 2. The molecule has 1 rings (SSSR count). The first kappa shape index (κ1) is 19.6. The second-order valence-electron chi connectivity index (χ2n) is 6.11. The minimum Gasteiger partial charge on any atom is -0.480 e. The van der Waals surface area contributed by atoms with Crippen molar-refractivity contribution in [1.29, 1.82) is 0 Å². The van der Waals surface area contributed by atoms with Crippen molar-refractivity contribution in [2.24, 2.45) is 11.7 Å². The molecule has 2 amide bonds. The molecule has 1 aromatic carbocycles. The van der Waals surface area contributed by atoms with Crippen molar-refractivity contribution in [3.05, 3.63) is 35.9 Å². The molecule has 1 aromatic rings. The molecule has 1 unspecified atom stereocenters. The van der Waals surface area contributed by atoms with Gasteiger partial charge in [0, 0.05) is 6.42 Å². The number of benzene rings is 1. The number of rotatable bonds is 10. The van der Waals surface area contributed by atoms with Crippen molar-refractivity contribution >= 4 is 17.8 Å². The molecule has 0 aliphatic rings. The Kier molecular flexibility index (Phi) is 7.91. The molecule has 0 aromatic heterocycles. The summed E-state index contributed by atoms with van der Waals surface area (Å²) in [7, 11) is 0. The third kappa shape index (κ3) is 7.23. The average Bonchev–Trinajstić information content (AvgIpc) is 2.51. The molecule has 0 bridgehead atoms. The average molecular weight is 335 g/mol. The van der Waals surface area contributed by atoms with E-state index in [1.54, 1.807) is 0 Å². The minimum absolute atomic E-state index is 0.184. The molecule has 0 spiro atoms. The van der Waals surface area contributed by atoms with E-state index >= 15 is 0 Å². The van der Waals surface area contributed by atoms with Crippen LogP contribution in [0.25, 0.3) is 0 Å². The summed E-state index contributed by atoms with van der Waals surface area (Å²) in [5.74, 6) is -1.92. The number of aliphatic carboxylic acids is 1. The summed E-state index contributed by atoms with van der Waals surface area (Å²) in [6.45, 7) is 3.53. The van der Waals surface area contributed by atoms with E-state index in [-0.39, 0.29) is 18.9 Å². The van der Waals surface area contributed by atoms with Gasteiger partial charge in [0.25, 0.3) is 0 Å². The van der Waals surface area contributed by atoms with Gasteiger partial charge in [-0.2, -0.15) is 0 Å². The number of carboxylic acid groups (broad SMARTS) is 1. The number of nitrogens with one attached hydrogen (secondary N) is 2. The monoisotopic (exact) mass is 335 g/mol. The number of carboxylic acids is 1.